The quantitative estimate of drug-likeness (QED) is 0.161. The molecule has 0 aliphatic carbocycles. The molecule has 0 N–H and O–H groups in total. The number of fused-ring (bicyclic) bond motifs is 3. The molecular weight excluding hydrogens is 703 g/mol. The number of hydrogen-bond donors (Lipinski definition) is 0. The molecule has 0 bridgehead atoms. The van der Waals surface area contributed by atoms with Crippen LogP contribution in [-0.4, -0.2) is 0 Å². The number of anilines is 3. The van der Waals surface area contributed by atoms with Crippen LogP contribution >= 0.6 is 0 Å². The van der Waals surface area contributed by atoms with Crippen LogP contribution in [0, 0.1) is 0 Å². The SMILES string of the molecule is c1ccc(-c2ccc(-c3ccc(N(c4ccc(-c5ccc6ccccc6c5)cc4)c4cccc(-c5cc6c7c(cccc7c5)Oc5ccccc5-6)c4)cc3)cc2)cc1. The maximum absolute atomic E-state index is 6.35. The van der Waals surface area contributed by atoms with E-state index in [9.17, 15) is 0 Å². The molecule has 0 aromatic heterocycles. The minimum absolute atomic E-state index is 0.891. The van der Waals surface area contributed by atoms with Crippen LogP contribution in [0.2, 0.25) is 0 Å². The molecule has 2 nitrogen and oxygen atoms in total. The van der Waals surface area contributed by atoms with Crippen molar-refractivity contribution in [2.75, 3.05) is 4.90 Å². The van der Waals surface area contributed by atoms with Gasteiger partial charge in [-0.3, -0.25) is 0 Å². The maximum Gasteiger partial charge on any atom is 0.135 e. The van der Waals surface area contributed by atoms with E-state index >= 15 is 0 Å². The van der Waals surface area contributed by atoms with E-state index in [1.165, 1.54) is 60.7 Å². The standard InChI is InChI=1S/C56H37NO/c1-2-10-38(11-3-1)40-20-22-41(23-21-40)42-26-30-49(31-27-42)57(50-32-28-43(29-33-50)46-25-24-39-12-4-5-13-44(39)34-46)51-16-8-14-45(36-51)48-35-47-15-9-19-55-56(47)53(37-48)52-17-6-7-18-54(52)58-55/h1-37H. The van der Waals surface area contributed by atoms with Crippen molar-refractivity contribution in [3.05, 3.63) is 224 Å². The van der Waals surface area contributed by atoms with Crippen molar-refractivity contribution in [3.63, 3.8) is 0 Å². The first-order valence-corrected chi connectivity index (χ1v) is 19.8. The number of ether oxygens (including phenoxy) is 1. The summed E-state index contributed by atoms with van der Waals surface area (Å²) < 4.78 is 6.35. The van der Waals surface area contributed by atoms with E-state index in [1.54, 1.807) is 0 Å². The van der Waals surface area contributed by atoms with Gasteiger partial charge in [-0.15, -0.1) is 0 Å². The summed E-state index contributed by atoms with van der Waals surface area (Å²) in [7, 11) is 0. The predicted octanol–water partition coefficient (Wildman–Crippen LogP) is 15.9. The summed E-state index contributed by atoms with van der Waals surface area (Å²) in [4.78, 5) is 2.36. The molecule has 0 amide bonds. The van der Waals surface area contributed by atoms with Gasteiger partial charge < -0.3 is 9.64 Å². The van der Waals surface area contributed by atoms with Crippen LogP contribution in [0.4, 0.5) is 17.1 Å². The van der Waals surface area contributed by atoms with Crippen molar-refractivity contribution in [1.82, 2.24) is 0 Å². The Morgan fingerprint density at radius 3 is 1.50 bits per heavy atom. The summed E-state index contributed by atoms with van der Waals surface area (Å²) in [6.07, 6.45) is 0. The van der Waals surface area contributed by atoms with Crippen molar-refractivity contribution in [2.24, 2.45) is 0 Å². The van der Waals surface area contributed by atoms with E-state index in [2.05, 4.69) is 223 Å². The topological polar surface area (TPSA) is 12.5 Å². The van der Waals surface area contributed by atoms with Crippen molar-refractivity contribution in [3.8, 4) is 67.1 Å². The minimum atomic E-state index is 0.891. The Morgan fingerprint density at radius 1 is 0.259 bits per heavy atom. The molecule has 0 spiro atoms. The van der Waals surface area contributed by atoms with Gasteiger partial charge in [0.05, 0.1) is 0 Å². The number of rotatable bonds is 7. The molecule has 0 saturated heterocycles. The number of hydrogen-bond acceptors (Lipinski definition) is 2. The number of para-hydroxylation sites is 1. The van der Waals surface area contributed by atoms with Crippen molar-refractivity contribution in [2.45, 2.75) is 0 Å². The summed E-state index contributed by atoms with van der Waals surface area (Å²) >= 11 is 0. The fourth-order valence-electron chi connectivity index (χ4n) is 8.49. The molecule has 1 heterocycles. The predicted molar refractivity (Wildman–Crippen MR) is 243 cm³/mol. The highest BCUT2D eigenvalue weighted by atomic mass is 16.5. The molecule has 0 radical (unpaired) electrons. The Hall–Kier alpha value is -7.68. The molecule has 272 valence electrons. The van der Waals surface area contributed by atoms with E-state index < -0.39 is 0 Å². The van der Waals surface area contributed by atoms with Gasteiger partial charge in [0.25, 0.3) is 0 Å². The summed E-state index contributed by atoms with van der Waals surface area (Å²) in [6.45, 7) is 0. The highest BCUT2D eigenvalue weighted by molar-refractivity contribution is 6.06. The molecule has 2 heteroatoms. The Labute approximate surface area is 338 Å². The van der Waals surface area contributed by atoms with Gasteiger partial charge in [0, 0.05) is 28.0 Å². The Balaban J connectivity index is 0.993. The fraction of sp³-hybridized carbons (Fsp3) is 0. The second-order valence-corrected chi connectivity index (χ2v) is 15.0. The largest absolute Gasteiger partial charge is 0.456 e. The fourth-order valence-corrected chi connectivity index (χ4v) is 8.49. The van der Waals surface area contributed by atoms with Gasteiger partial charge in [0.2, 0.25) is 0 Å². The molecule has 58 heavy (non-hydrogen) atoms. The first-order valence-electron chi connectivity index (χ1n) is 19.8. The highest BCUT2D eigenvalue weighted by Gasteiger charge is 2.21. The van der Waals surface area contributed by atoms with Crippen LogP contribution in [0.1, 0.15) is 0 Å². The zero-order valence-corrected chi connectivity index (χ0v) is 31.7. The van der Waals surface area contributed by atoms with Crippen LogP contribution < -0.4 is 9.64 Å². The minimum Gasteiger partial charge on any atom is -0.456 e. The molecule has 10 aromatic carbocycles. The van der Waals surface area contributed by atoms with Crippen molar-refractivity contribution >= 4 is 38.6 Å². The van der Waals surface area contributed by atoms with Gasteiger partial charge in [-0.1, -0.05) is 158 Å². The van der Waals surface area contributed by atoms with Gasteiger partial charge in [-0.25, -0.2) is 0 Å². The number of nitrogens with zero attached hydrogens (tertiary/aromatic N) is 1. The van der Waals surface area contributed by atoms with Gasteiger partial charge in [-0.2, -0.15) is 0 Å². The highest BCUT2D eigenvalue weighted by Crippen LogP contribution is 2.48. The average molecular weight is 740 g/mol. The third-order valence-corrected chi connectivity index (χ3v) is 11.4. The lowest BCUT2D eigenvalue weighted by molar-refractivity contribution is 0.487. The Bertz CT molecular complexity index is 3110. The van der Waals surface area contributed by atoms with Crippen LogP contribution in [-0.2, 0) is 0 Å². The van der Waals surface area contributed by atoms with Gasteiger partial charge >= 0.3 is 0 Å². The summed E-state index contributed by atoms with van der Waals surface area (Å²) in [5, 5.41) is 4.81. The Morgan fingerprint density at radius 2 is 0.759 bits per heavy atom. The monoisotopic (exact) mass is 739 g/mol. The molecular formula is C56H37NO. The second-order valence-electron chi connectivity index (χ2n) is 15.0. The molecule has 1 aliphatic rings. The Kier molecular flexibility index (Phi) is 8.19. The van der Waals surface area contributed by atoms with Gasteiger partial charge in [-0.05, 0) is 133 Å². The molecule has 10 aromatic rings. The van der Waals surface area contributed by atoms with E-state index in [0.717, 1.165) is 45.1 Å². The zero-order chi connectivity index (χ0) is 38.4. The van der Waals surface area contributed by atoms with Gasteiger partial charge in [0.15, 0.2) is 0 Å². The first-order chi connectivity index (χ1) is 28.7. The lowest BCUT2D eigenvalue weighted by atomic mass is 9.90. The van der Waals surface area contributed by atoms with Crippen LogP contribution in [0.25, 0.3) is 77.2 Å². The number of benzene rings is 10. The third-order valence-electron chi connectivity index (χ3n) is 11.4. The normalized spacial score (nSPS) is 11.6. The summed E-state index contributed by atoms with van der Waals surface area (Å²) in [5.74, 6) is 1.79. The van der Waals surface area contributed by atoms with Gasteiger partial charge in [0.1, 0.15) is 11.5 Å². The van der Waals surface area contributed by atoms with E-state index in [4.69, 9.17) is 4.74 Å². The van der Waals surface area contributed by atoms with Crippen LogP contribution in [0.15, 0.2) is 224 Å². The summed E-state index contributed by atoms with van der Waals surface area (Å²) in [6, 6.07) is 80.8. The van der Waals surface area contributed by atoms with Crippen LogP contribution in [0.5, 0.6) is 11.5 Å². The van der Waals surface area contributed by atoms with E-state index in [0.29, 0.717) is 0 Å². The molecule has 0 atom stereocenters. The average Bonchev–Trinajstić information content (AvgIpc) is 3.30. The van der Waals surface area contributed by atoms with Crippen molar-refractivity contribution < 1.29 is 4.74 Å². The molecule has 11 rings (SSSR count). The lowest BCUT2D eigenvalue weighted by Gasteiger charge is -2.27. The molecule has 0 saturated carbocycles. The zero-order valence-electron chi connectivity index (χ0n) is 31.7. The van der Waals surface area contributed by atoms with E-state index in [-0.39, 0.29) is 0 Å². The van der Waals surface area contributed by atoms with Crippen LogP contribution in [0.3, 0.4) is 0 Å². The van der Waals surface area contributed by atoms with Crippen molar-refractivity contribution in [1.29, 1.82) is 0 Å². The maximum atomic E-state index is 6.35. The smallest absolute Gasteiger partial charge is 0.135 e. The third kappa shape index (κ3) is 6.09. The van der Waals surface area contributed by atoms with E-state index in [1.807, 2.05) is 6.07 Å². The summed E-state index contributed by atoms with van der Waals surface area (Å²) in [5.41, 5.74) is 15.1. The first kappa shape index (κ1) is 33.6. The second kappa shape index (κ2) is 14.1. The molecule has 0 unspecified atom stereocenters. The molecule has 0 fully saturated rings. The lowest BCUT2D eigenvalue weighted by Crippen LogP contribution is -2.10. The molecule has 1 aliphatic heterocycles.